The van der Waals surface area contributed by atoms with Crippen LogP contribution in [0.25, 0.3) is 0 Å². The largest absolute Gasteiger partial charge is 0.386 e. The van der Waals surface area contributed by atoms with Crippen molar-refractivity contribution in [3.63, 3.8) is 0 Å². The average Bonchev–Trinajstić information content (AvgIpc) is 2.63. The maximum absolute atomic E-state index is 14.7. The van der Waals surface area contributed by atoms with Gasteiger partial charge in [-0.1, -0.05) is 11.6 Å². The van der Waals surface area contributed by atoms with E-state index in [1.54, 1.807) is 0 Å². The van der Waals surface area contributed by atoms with E-state index in [-0.39, 0.29) is 28.5 Å². The minimum absolute atomic E-state index is 0.0211. The molecule has 0 fully saturated rings. The lowest BCUT2D eigenvalue weighted by Gasteiger charge is -2.53. The summed E-state index contributed by atoms with van der Waals surface area (Å²) >= 11 is 5.74. The van der Waals surface area contributed by atoms with Crippen LogP contribution in [0.2, 0.25) is 5.02 Å². The molecule has 2 aromatic rings. The molecule has 0 unspecified atom stereocenters. The van der Waals surface area contributed by atoms with Gasteiger partial charge in [0.1, 0.15) is 21.8 Å². The molecule has 162 valence electrons. The van der Waals surface area contributed by atoms with Gasteiger partial charge in [0.05, 0.1) is 10.8 Å². The summed E-state index contributed by atoms with van der Waals surface area (Å²) in [5.41, 5.74) is 4.09. The highest BCUT2D eigenvalue weighted by atomic mass is 35.5. The van der Waals surface area contributed by atoms with Crippen LogP contribution < -0.4 is 11.1 Å². The van der Waals surface area contributed by atoms with Crippen molar-refractivity contribution in [1.82, 2.24) is 4.98 Å². The molecule has 0 spiro atoms. The molecular formula is C19H21ClF2N4O3S. The predicted octanol–water partition coefficient (Wildman–Crippen LogP) is 4.38. The van der Waals surface area contributed by atoms with Gasteiger partial charge >= 0.3 is 0 Å². The molecule has 0 saturated carbocycles. The lowest BCUT2D eigenvalue weighted by Crippen LogP contribution is -2.52. The number of pyridine rings is 1. The molecule has 1 aliphatic heterocycles. The van der Waals surface area contributed by atoms with E-state index in [0.717, 1.165) is 6.07 Å². The van der Waals surface area contributed by atoms with Crippen LogP contribution in [-0.2, 0) is 5.54 Å². The van der Waals surface area contributed by atoms with Crippen molar-refractivity contribution in [2.24, 2.45) is 10.7 Å². The maximum atomic E-state index is 14.7. The van der Waals surface area contributed by atoms with Gasteiger partial charge in [0.2, 0.25) is 0 Å². The van der Waals surface area contributed by atoms with Crippen molar-refractivity contribution in [3.05, 3.63) is 58.4 Å². The first kappa shape index (κ1) is 22.4. The summed E-state index contributed by atoms with van der Waals surface area (Å²) in [4.78, 5) is 20.5. The Labute approximate surface area is 178 Å². The first-order valence-electron chi connectivity index (χ1n) is 8.80. The Morgan fingerprint density at radius 2 is 1.93 bits per heavy atom. The number of carbonyl (C=O) groups is 1. The summed E-state index contributed by atoms with van der Waals surface area (Å²) in [6.07, 6.45) is 1.28. The van der Waals surface area contributed by atoms with Crippen LogP contribution in [0.15, 0.2) is 35.5 Å². The van der Waals surface area contributed by atoms with Gasteiger partial charge in [-0.15, -0.1) is 0 Å². The highest BCUT2D eigenvalue weighted by Gasteiger charge is 2.49. The number of hydrogen-bond acceptors (Lipinski definition) is 6. The number of carbonyl (C=O) groups excluding carboxylic acids is 1. The van der Waals surface area contributed by atoms with Gasteiger partial charge in [-0.25, -0.2) is 13.8 Å². The number of nitrogens with two attached hydrogens (primary N) is 1. The summed E-state index contributed by atoms with van der Waals surface area (Å²) < 4.78 is 49.0. The molecule has 0 radical (unpaired) electrons. The van der Waals surface area contributed by atoms with Crippen LogP contribution >= 0.6 is 22.2 Å². The van der Waals surface area contributed by atoms with Crippen molar-refractivity contribution >= 4 is 39.6 Å². The van der Waals surface area contributed by atoms with E-state index in [2.05, 4.69) is 15.3 Å². The van der Waals surface area contributed by atoms with Gasteiger partial charge in [-0.05, 0) is 39.0 Å². The molecule has 1 aliphatic rings. The molecule has 30 heavy (non-hydrogen) atoms. The topological polar surface area (TPSA) is 121 Å². The number of nitrogens with one attached hydrogen (secondary N) is 1. The van der Waals surface area contributed by atoms with Crippen LogP contribution in [0, 0.1) is 11.6 Å². The summed E-state index contributed by atoms with van der Waals surface area (Å²) in [6, 6.07) is 4.85. The number of hydrogen-bond donors (Lipinski definition) is 4. The second kappa shape index (κ2) is 7.45. The van der Waals surface area contributed by atoms with E-state index >= 15 is 0 Å². The summed E-state index contributed by atoms with van der Waals surface area (Å²) in [6.45, 7) is 4.47. The Morgan fingerprint density at radius 1 is 1.27 bits per heavy atom. The zero-order valence-corrected chi connectivity index (χ0v) is 18.0. The number of benzene rings is 1. The van der Waals surface area contributed by atoms with Crippen LogP contribution in [0.3, 0.4) is 0 Å². The van der Waals surface area contributed by atoms with Crippen molar-refractivity contribution in [1.29, 1.82) is 0 Å². The molecule has 0 saturated heterocycles. The van der Waals surface area contributed by atoms with E-state index < -0.39 is 38.4 Å². The highest BCUT2D eigenvalue weighted by molar-refractivity contribution is 8.26. The Morgan fingerprint density at radius 3 is 2.50 bits per heavy atom. The smallest absolute Gasteiger partial charge is 0.274 e. The van der Waals surface area contributed by atoms with Crippen LogP contribution in [0.5, 0.6) is 0 Å². The SMILES string of the molecule is CC1(C)C(N)=N[C@](C)(c2cc(NC(=O)c3ccc(Cl)cn3)cc(F)c2F)CS1(O)O. The Bertz CT molecular complexity index is 1050. The molecule has 7 nitrogen and oxygen atoms in total. The first-order valence-corrected chi connectivity index (χ1v) is 10.9. The number of rotatable bonds is 3. The Kier molecular flexibility index (Phi) is 5.57. The lowest BCUT2D eigenvalue weighted by molar-refractivity contribution is 0.102. The number of aromatic nitrogens is 1. The summed E-state index contributed by atoms with van der Waals surface area (Å²) in [5.74, 6) is -3.56. The molecule has 0 aliphatic carbocycles. The van der Waals surface area contributed by atoms with Crippen molar-refractivity contribution in [2.45, 2.75) is 31.1 Å². The predicted molar refractivity (Wildman–Crippen MR) is 114 cm³/mol. The zero-order chi connectivity index (χ0) is 22.5. The first-order chi connectivity index (χ1) is 13.8. The zero-order valence-electron chi connectivity index (χ0n) is 16.4. The van der Waals surface area contributed by atoms with Crippen LogP contribution in [-0.4, -0.2) is 36.3 Å². The van der Waals surface area contributed by atoms with E-state index in [4.69, 9.17) is 17.3 Å². The third-order valence-corrected chi connectivity index (χ3v) is 8.14. The molecule has 1 aromatic heterocycles. The minimum atomic E-state index is -3.33. The highest BCUT2D eigenvalue weighted by Crippen LogP contribution is 2.59. The second-order valence-electron chi connectivity index (χ2n) is 7.73. The molecule has 1 atom stereocenters. The minimum Gasteiger partial charge on any atom is -0.386 e. The third kappa shape index (κ3) is 3.87. The number of anilines is 1. The molecule has 11 heteroatoms. The van der Waals surface area contributed by atoms with Gasteiger partial charge in [0, 0.05) is 23.5 Å². The fourth-order valence-electron chi connectivity index (χ4n) is 3.07. The molecule has 5 N–H and O–H groups in total. The monoisotopic (exact) mass is 458 g/mol. The number of amidine groups is 1. The quantitative estimate of drug-likeness (QED) is 0.543. The van der Waals surface area contributed by atoms with Gasteiger partial charge in [-0.3, -0.25) is 18.9 Å². The number of halogens is 3. The molecule has 2 heterocycles. The normalized spacial score (nSPS) is 23.4. The summed E-state index contributed by atoms with van der Waals surface area (Å²) in [5, 5.41) is 2.78. The summed E-state index contributed by atoms with van der Waals surface area (Å²) in [7, 11) is -3.33. The fourth-order valence-corrected chi connectivity index (χ4v) is 4.93. The fraction of sp³-hybridized carbons (Fsp3) is 0.316. The molecule has 1 amide bonds. The van der Waals surface area contributed by atoms with Crippen LogP contribution in [0.4, 0.5) is 14.5 Å². The third-order valence-electron chi connectivity index (χ3n) is 5.11. The molecule has 0 bridgehead atoms. The molecule has 1 aromatic carbocycles. The van der Waals surface area contributed by atoms with E-state index in [1.807, 2.05) is 0 Å². The van der Waals surface area contributed by atoms with E-state index in [9.17, 15) is 22.7 Å². The van der Waals surface area contributed by atoms with Gasteiger partial charge in [-0.2, -0.15) is 10.6 Å². The number of amides is 1. The van der Waals surface area contributed by atoms with Crippen LogP contribution in [0.1, 0.15) is 36.8 Å². The maximum Gasteiger partial charge on any atom is 0.274 e. The van der Waals surface area contributed by atoms with E-state index in [0.29, 0.717) is 5.02 Å². The van der Waals surface area contributed by atoms with Gasteiger partial charge in [0.15, 0.2) is 11.6 Å². The number of nitrogens with zero attached hydrogens (tertiary/aromatic N) is 2. The standard InChI is InChI=1S/C19H21ClF2N4O3S/c1-18(2)17(23)26-19(3,9-30(18,28)29)12-6-11(7-13(21)15(12)22)25-16(27)14-5-4-10(20)8-24-14/h4-8,28-29H,9H2,1-3H3,(H2,23,26)(H,25,27)/t19-/m0/s1. The van der Waals surface area contributed by atoms with Gasteiger partial charge in [0.25, 0.3) is 5.91 Å². The van der Waals surface area contributed by atoms with Gasteiger partial charge < -0.3 is 11.1 Å². The second-order valence-corrected chi connectivity index (χ2v) is 10.8. The van der Waals surface area contributed by atoms with E-state index in [1.165, 1.54) is 45.2 Å². The Hall–Kier alpha value is -2.27. The van der Waals surface area contributed by atoms with Crippen molar-refractivity contribution in [2.75, 3.05) is 11.1 Å². The molecule has 3 rings (SSSR count). The Balaban J connectivity index is 2.02. The number of aliphatic imine (C=N–C) groups is 1. The van der Waals surface area contributed by atoms with Crippen molar-refractivity contribution < 1.29 is 22.7 Å². The average molecular weight is 459 g/mol. The molecular weight excluding hydrogens is 438 g/mol. The lowest BCUT2D eigenvalue weighted by atomic mass is 9.92. The van der Waals surface area contributed by atoms with Crippen molar-refractivity contribution in [3.8, 4) is 0 Å².